The maximum Gasteiger partial charge on any atom is 0.228 e. The van der Waals surface area contributed by atoms with Crippen molar-refractivity contribution < 1.29 is 4.79 Å². The maximum absolute atomic E-state index is 11.4. The van der Waals surface area contributed by atoms with Crippen molar-refractivity contribution in [2.75, 3.05) is 6.54 Å². The van der Waals surface area contributed by atoms with E-state index in [4.69, 9.17) is 11.5 Å². The van der Waals surface area contributed by atoms with Crippen LogP contribution in [0, 0.1) is 5.92 Å². The lowest BCUT2D eigenvalue weighted by atomic mass is 9.92. The van der Waals surface area contributed by atoms with Crippen molar-refractivity contribution in [2.24, 2.45) is 17.4 Å². The van der Waals surface area contributed by atoms with Crippen LogP contribution < -0.4 is 11.5 Å². The van der Waals surface area contributed by atoms with Gasteiger partial charge in [-0.3, -0.25) is 4.79 Å². The molecule has 1 saturated carbocycles. The van der Waals surface area contributed by atoms with Crippen LogP contribution in [0.1, 0.15) is 12.0 Å². The Morgan fingerprint density at radius 1 is 1.40 bits per heavy atom. The summed E-state index contributed by atoms with van der Waals surface area (Å²) in [6.45, 7) is 0.526. The van der Waals surface area contributed by atoms with E-state index in [0.717, 1.165) is 12.0 Å². The quantitative estimate of drug-likeness (QED) is 0.801. The Morgan fingerprint density at radius 3 is 2.40 bits per heavy atom. The molecule has 1 aliphatic carbocycles. The Balaban J connectivity index is 0.00000112. The lowest BCUT2D eigenvalue weighted by Crippen LogP contribution is -2.32. The summed E-state index contributed by atoms with van der Waals surface area (Å²) in [5.41, 5.74) is 11.5. The number of rotatable bonds is 3. The molecule has 1 aliphatic rings. The van der Waals surface area contributed by atoms with Gasteiger partial charge in [0, 0.05) is 0 Å². The molecule has 4 heteroatoms. The largest absolute Gasteiger partial charge is 0.369 e. The third-order valence-corrected chi connectivity index (χ3v) is 3.12. The molecule has 3 nitrogen and oxygen atoms in total. The molecule has 0 aromatic heterocycles. The molecule has 2 rings (SSSR count). The molecule has 15 heavy (non-hydrogen) atoms. The number of benzene rings is 1. The van der Waals surface area contributed by atoms with Gasteiger partial charge in [-0.2, -0.15) is 0 Å². The van der Waals surface area contributed by atoms with Crippen molar-refractivity contribution in [2.45, 2.75) is 11.8 Å². The molecule has 0 radical (unpaired) electrons. The highest BCUT2D eigenvalue weighted by Gasteiger charge is 2.59. The Kier molecular flexibility index (Phi) is 3.37. The normalized spacial score (nSPS) is 27.9. The molecule has 1 aromatic carbocycles. The zero-order valence-electron chi connectivity index (χ0n) is 8.35. The number of carbonyl (C=O) groups excluding carboxylic acids is 1. The van der Waals surface area contributed by atoms with Gasteiger partial charge in [-0.15, -0.1) is 12.4 Å². The van der Waals surface area contributed by atoms with Crippen molar-refractivity contribution in [3.63, 3.8) is 0 Å². The SMILES string of the molecule is Cl.NCC1CC1(C(N)=O)c1ccccc1. The predicted octanol–water partition coefficient (Wildman–Crippen LogP) is 0.810. The summed E-state index contributed by atoms with van der Waals surface area (Å²) in [6.07, 6.45) is 0.794. The number of nitrogens with two attached hydrogens (primary N) is 2. The fourth-order valence-electron chi connectivity index (χ4n) is 2.15. The predicted molar refractivity (Wildman–Crippen MR) is 61.7 cm³/mol. The van der Waals surface area contributed by atoms with E-state index in [1.807, 2.05) is 30.3 Å². The van der Waals surface area contributed by atoms with Crippen molar-refractivity contribution in [3.8, 4) is 0 Å². The number of amides is 1. The van der Waals surface area contributed by atoms with Crippen molar-refractivity contribution in [1.29, 1.82) is 0 Å². The first-order valence-corrected chi connectivity index (χ1v) is 4.77. The summed E-state index contributed by atoms with van der Waals surface area (Å²) in [6, 6.07) is 9.66. The van der Waals surface area contributed by atoms with Gasteiger partial charge in [0.05, 0.1) is 5.41 Å². The molecule has 0 bridgehead atoms. The first-order valence-electron chi connectivity index (χ1n) is 4.77. The van der Waals surface area contributed by atoms with E-state index in [-0.39, 0.29) is 24.2 Å². The van der Waals surface area contributed by atoms with Crippen LogP contribution in [-0.4, -0.2) is 12.5 Å². The van der Waals surface area contributed by atoms with Crippen LogP contribution in [0.3, 0.4) is 0 Å². The van der Waals surface area contributed by atoms with Gasteiger partial charge in [0.2, 0.25) is 5.91 Å². The minimum absolute atomic E-state index is 0. The van der Waals surface area contributed by atoms with E-state index >= 15 is 0 Å². The second-order valence-corrected chi connectivity index (χ2v) is 3.84. The fraction of sp³-hybridized carbons (Fsp3) is 0.364. The molecule has 0 saturated heterocycles. The molecule has 0 spiro atoms. The Morgan fingerprint density at radius 2 is 2.00 bits per heavy atom. The number of hydrogen-bond acceptors (Lipinski definition) is 2. The van der Waals surface area contributed by atoms with Crippen LogP contribution in [0.25, 0.3) is 0 Å². The zero-order chi connectivity index (χ0) is 10.2. The van der Waals surface area contributed by atoms with Crippen LogP contribution in [0.5, 0.6) is 0 Å². The molecule has 1 fully saturated rings. The number of carbonyl (C=O) groups is 1. The highest BCUT2D eigenvalue weighted by Crippen LogP contribution is 2.53. The molecule has 0 heterocycles. The molecule has 1 amide bonds. The van der Waals surface area contributed by atoms with E-state index in [2.05, 4.69) is 0 Å². The minimum atomic E-state index is -0.476. The monoisotopic (exact) mass is 226 g/mol. The first kappa shape index (κ1) is 12.0. The van der Waals surface area contributed by atoms with E-state index in [1.54, 1.807) is 0 Å². The smallest absolute Gasteiger partial charge is 0.228 e. The van der Waals surface area contributed by atoms with Gasteiger partial charge in [0.1, 0.15) is 0 Å². The molecule has 1 aromatic rings. The van der Waals surface area contributed by atoms with E-state index < -0.39 is 5.41 Å². The lowest BCUT2D eigenvalue weighted by Gasteiger charge is -2.12. The average Bonchev–Trinajstić information content (AvgIpc) is 2.94. The summed E-state index contributed by atoms with van der Waals surface area (Å²) >= 11 is 0. The molecular weight excluding hydrogens is 212 g/mol. The topological polar surface area (TPSA) is 69.1 Å². The minimum Gasteiger partial charge on any atom is -0.369 e. The standard InChI is InChI=1S/C11H14N2O.ClH/c12-7-9-6-11(9,10(13)14)8-4-2-1-3-5-8;/h1-5,9H,6-7,12H2,(H2,13,14);1H. The third-order valence-electron chi connectivity index (χ3n) is 3.12. The zero-order valence-corrected chi connectivity index (χ0v) is 9.17. The van der Waals surface area contributed by atoms with Crippen LogP contribution in [0.4, 0.5) is 0 Å². The van der Waals surface area contributed by atoms with Gasteiger partial charge in [-0.1, -0.05) is 30.3 Å². The number of hydrogen-bond donors (Lipinski definition) is 2. The highest BCUT2D eigenvalue weighted by atomic mass is 35.5. The van der Waals surface area contributed by atoms with Crippen molar-refractivity contribution in [1.82, 2.24) is 0 Å². The van der Waals surface area contributed by atoms with Crippen LogP contribution >= 0.6 is 12.4 Å². The highest BCUT2D eigenvalue weighted by molar-refractivity contribution is 5.90. The van der Waals surface area contributed by atoms with Crippen molar-refractivity contribution >= 4 is 18.3 Å². The molecule has 4 N–H and O–H groups in total. The molecule has 82 valence electrons. The number of halogens is 1. The Hall–Kier alpha value is -1.06. The lowest BCUT2D eigenvalue weighted by molar-refractivity contribution is -0.120. The molecule has 2 atom stereocenters. The summed E-state index contributed by atoms with van der Waals surface area (Å²) in [7, 11) is 0. The van der Waals surface area contributed by atoms with E-state index in [1.165, 1.54) is 0 Å². The third kappa shape index (κ3) is 1.73. The van der Waals surface area contributed by atoms with E-state index in [0.29, 0.717) is 6.54 Å². The number of primary amides is 1. The van der Waals surface area contributed by atoms with Crippen LogP contribution in [0.15, 0.2) is 30.3 Å². The van der Waals surface area contributed by atoms with Gasteiger partial charge in [-0.25, -0.2) is 0 Å². The van der Waals surface area contributed by atoms with Gasteiger partial charge < -0.3 is 11.5 Å². The van der Waals surface area contributed by atoms with Gasteiger partial charge in [0.15, 0.2) is 0 Å². The Bertz CT molecular complexity index is 355. The van der Waals surface area contributed by atoms with E-state index in [9.17, 15) is 4.79 Å². The van der Waals surface area contributed by atoms with Gasteiger partial charge in [-0.05, 0) is 24.4 Å². The average molecular weight is 227 g/mol. The summed E-state index contributed by atoms with van der Waals surface area (Å²) < 4.78 is 0. The summed E-state index contributed by atoms with van der Waals surface area (Å²) in [4.78, 5) is 11.4. The molecular formula is C11H15ClN2O. The van der Waals surface area contributed by atoms with Crippen LogP contribution in [-0.2, 0) is 10.2 Å². The maximum atomic E-state index is 11.4. The van der Waals surface area contributed by atoms with Crippen LogP contribution in [0.2, 0.25) is 0 Å². The second-order valence-electron chi connectivity index (χ2n) is 3.84. The van der Waals surface area contributed by atoms with Gasteiger partial charge in [0.25, 0.3) is 0 Å². The first-order chi connectivity index (χ1) is 6.71. The van der Waals surface area contributed by atoms with Gasteiger partial charge >= 0.3 is 0 Å². The molecule has 2 unspecified atom stereocenters. The second kappa shape index (κ2) is 4.21. The Labute approximate surface area is 95.2 Å². The van der Waals surface area contributed by atoms with Crippen molar-refractivity contribution in [3.05, 3.63) is 35.9 Å². The molecule has 0 aliphatic heterocycles. The summed E-state index contributed by atoms with van der Waals surface area (Å²) in [5.74, 6) is -0.0263. The fourth-order valence-corrected chi connectivity index (χ4v) is 2.15. The summed E-state index contributed by atoms with van der Waals surface area (Å²) in [5, 5.41) is 0.